The summed E-state index contributed by atoms with van der Waals surface area (Å²) in [6.45, 7) is 2.48. The molecule has 22 heavy (non-hydrogen) atoms. The average Bonchev–Trinajstić information content (AvgIpc) is 2.95. The third kappa shape index (κ3) is 3.84. The lowest BCUT2D eigenvalue weighted by Gasteiger charge is -2.32. The van der Waals surface area contributed by atoms with Gasteiger partial charge in [0, 0.05) is 13.1 Å². The number of nitrogens with two attached hydrogens (primary N) is 1. The molecule has 1 unspecified atom stereocenters. The zero-order valence-corrected chi connectivity index (χ0v) is 12.6. The van der Waals surface area contributed by atoms with E-state index in [9.17, 15) is 5.11 Å². The number of piperidine rings is 1. The highest BCUT2D eigenvalue weighted by molar-refractivity contribution is 5.15. The minimum absolute atomic E-state index is 0.122. The molecule has 1 aromatic carbocycles. The Labute approximate surface area is 129 Å². The molecule has 0 spiro atoms. The summed E-state index contributed by atoms with van der Waals surface area (Å²) < 4.78 is 5.34. The number of aromatic nitrogens is 2. The molecule has 118 valence electrons. The zero-order valence-electron chi connectivity index (χ0n) is 12.6. The number of rotatable bonds is 5. The molecule has 0 amide bonds. The van der Waals surface area contributed by atoms with Gasteiger partial charge in [0.1, 0.15) is 0 Å². The van der Waals surface area contributed by atoms with Gasteiger partial charge >= 0.3 is 6.01 Å². The summed E-state index contributed by atoms with van der Waals surface area (Å²) in [6.07, 6.45) is 2.39. The number of benzene rings is 1. The number of aliphatic hydroxyl groups is 1. The highest BCUT2D eigenvalue weighted by atomic mass is 16.4. The lowest BCUT2D eigenvalue weighted by Crippen LogP contribution is -2.40. The maximum Gasteiger partial charge on any atom is 0.312 e. The zero-order chi connectivity index (χ0) is 15.4. The summed E-state index contributed by atoms with van der Waals surface area (Å²) in [5.41, 5.74) is 6.65. The number of aliphatic hydroxyl groups excluding tert-OH is 1. The van der Waals surface area contributed by atoms with Crippen LogP contribution in [0.4, 0.5) is 6.01 Å². The maximum atomic E-state index is 10.3. The van der Waals surface area contributed by atoms with E-state index in [4.69, 9.17) is 10.2 Å². The molecule has 6 heteroatoms. The second-order valence-corrected chi connectivity index (χ2v) is 5.92. The summed E-state index contributed by atoms with van der Waals surface area (Å²) in [5, 5.41) is 18.0. The van der Waals surface area contributed by atoms with E-state index in [1.54, 1.807) is 0 Å². The first-order chi connectivity index (χ1) is 10.7. The molecule has 6 nitrogen and oxygen atoms in total. The topological polar surface area (TPSA) is 88.4 Å². The number of nitrogens with zero attached hydrogens (tertiary/aromatic N) is 3. The number of hydrogen-bond acceptors (Lipinski definition) is 6. The van der Waals surface area contributed by atoms with Crippen LogP contribution in [0.2, 0.25) is 0 Å². The minimum Gasteiger partial charge on any atom is -0.408 e. The van der Waals surface area contributed by atoms with Crippen molar-refractivity contribution in [3.05, 3.63) is 41.8 Å². The Hall–Kier alpha value is -1.92. The van der Waals surface area contributed by atoms with Gasteiger partial charge in [-0.25, -0.2) is 0 Å². The van der Waals surface area contributed by atoms with Crippen molar-refractivity contribution in [1.82, 2.24) is 15.1 Å². The molecule has 0 bridgehead atoms. The molecule has 0 saturated carbocycles. The van der Waals surface area contributed by atoms with E-state index >= 15 is 0 Å². The predicted molar refractivity (Wildman–Crippen MR) is 83.3 cm³/mol. The van der Waals surface area contributed by atoms with Crippen molar-refractivity contribution in [2.24, 2.45) is 0 Å². The monoisotopic (exact) mass is 302 g/mol. The summed E-state index contributed by atoms with van der Waals surface area (Å²) in [4.78, 5) is 2.27. The van der Waals surface area contributed by atoms with Gasteiger partial charge < -0.3 is 15.3 Å². The molecule has 3 N–H and O–H groups in total. The Kier molecular flexibility index (Phi) is 4.70. The van der Waals surface area contributed by atoms with Crippen LogP contribution in [0, 0.1) is 0 Å². The van der Waals surface area contributed by atoms with Crippen molar-refractivity contribution in [3.8, 4) is 0 Å². The van der Waals surface area contributed by atoms with E-state index in [1.165, 1.54) is 0 Å². The normalized spacial score (nSPS) is 20.9. The molecule has 0 radical (unpaired) electrons. The first kappa shape index (κ1) is 15.0. The van der Waals surface area contributed by atoms with Gasteiger partial charge in [-0.3, -0.25) is 4.90 Å². The molecule has 1 fully saturated rings. The smallest absolute Gasteiger partial charge is 0.312 e. The standard InChI is InChI=1S/C16H22N4O2/c17-16-19-18-15(22-16)13-7-4-8-20(10-13)11-14(21)9-12-5-2-1-3-6-12/h1-3,5-6,13-14,21H,4,7-11H2,(H2,17,19)/t13?,14-/m0/s1. The van der Waals surface area contributed by atoms with E-state index in [0.717, 1.165) is 31.5 Å². The van der Waals surface area contributed by atoms with E-state index in [1.807, 2.05) is 30.3 Å². The first-order valence-corrected chi connectivity index (χ1v) is 7.74. The molecule has 1 aliphatic rings. The molecule has 1 aliphatic heterocycles. The van der Waals surface area contributed by atoms with Crippen LogP contribution in [0.1, 0.15) is 30.2 Å². The maximum absolute atomic E-state index is 10.3. The highest BCUT2D eigenvalue weighted by Gasteiger charge is 2.26. The summed E-state index contributed by atoms with van der Waals surface area (Å²) in [6, 6.07) is 10.2. The van der Waals surface area contributed by atoms with Gasteiger partial charge in [0.05, 0.1) is 12.0 Å². The van der Waals surface area contributed by atoms with Gasteiger partial charge in [-0.1, -0.05) is 35.4 Å². The first-order valence-electron chi connectivity index (χ1n) is 7.74. The molecule has 2 heterocycles. The predicted octanol–water partition coefficient (Wildman–Crippen LogP) is 1.43. The Morgan fingerprint density at radius 3 is 2.86 bits per heavy atom. The van der Waals surface area contributed by atoms with E-state index in [0.29, 0.717) is 18.9 Å². The van der Waals surface area contributed by atoms with Crippen LogP contribution in [0.15, 0.2) is 34.7 Å². The van der Waals surface area contributed by atoms with Gasteiger partial charge in [0.15, 0.2) is 0 Å². The van der Waals surface area contributed by atoms with Gasteiger partial charge in [0.25, 0.3) is 0 Å². The Morgan fingerprint density at radius 1 is 1.32 bits per heavy atom. The van der Waals surface area contributed by atoms with Crippen molar-refractivity contribution in [1.29, 1.82) is 0 Å². The van der Waals surface area contributed by atoms with Gasteiger partial charge in [0.2, 0.25) is 5.89 Å². The fourth-order valence-electron chi connectivity index (χ4n) is 3.08. The van der Waals surface area contributed by atoms with Crippen LogP contribution in [-0.4, -0.2) is 45.9 Å². The molecule has 2 atom stereocenters. The number of nitrogen functional groups attached to an aromatic ring is 1. The number of hydrogen-bond donors (Lipinski definition) is 2. The van der Waals surface area contributed by atoms with Gasteiger partial charge in [-0.05, 0) is 31.4 Å². The second kappa shape index (κ2) is 6.89. The van der Waals surface area contributed by atoms with Crippen molar-refractivity contribution in [2.75, 3.05) is 25.4 Å². The van der Waals surface area contributed by atoms with E-state index < -0.39 is 0 Å². The van der Waals surface area contributed by atoms with Crippen LogP contribution >= 0.6 is 0 Å². The van der Waals surface area contributed by atoms with Crippen molar-refractivity contribution in [3.63, 3.8) is 0 Å². The van der Waals surface area contributed by atoms with Gasteiger partial charge in [-0.15, -0.1) is 5.10 Å². The van der Waals surface area contributed by atoms with Crippen LogP contribution in [0.3, 0.4) is 0 Å². The highest BCUT2D eigenvalue weighted by Crippen LogP contribution is 2.26. The Morgan fingerprint density at radius 2 is 2.14 bits per heavy atom. The minimum atomic E-state index is -0.367. The van der Waals surface area contributed by atoms with Crippen molar-refractivity contribution in [2.45, 2.75) is 31.3 Å². The van der Waals surface area contributed by atoms with Crippen LogP contribution in [0.5, 0.6) is 0 Å². The third-order valence-corrected chi connectivity index (χ3v) is 4.09. The molecule has 2 aromatic rings. The Bertz CT molecular complexity index is 587. The quantitative estimate of drug-likeness (QED) is 0.868. The van der Waals surface area contributed by atoms with Crippen LogP contribution < -0.4 is 5.73 Å². The number of β-amino-alcohol motifs (C(OH)–C–C–N with tert-alkyl or cyclic N) is 1. The van der Waals surface area contributed by atoms with E-state index in [-0.39, 0.29) is 18.0 Å². The van der Waals surface area contributed by atoms with Crippen LogP contribution in [-0.2, 0) is 6.42 Å². The fourth-order valence-corrected chi connectivity index (χ4v) is 3.08. The lowest BCUT2D eigenvalue weighted by atomic mass is 9.97. The Balaban J connectivity index is 1.54. The molecule has 0 aliphatic carbocycles. The van der Waals surface area contributed by atoms with Crippen molar-refractivity contribution >= 4 is 6.01 Å². The molecular weight excluding hydrogens is 280 g/mol. The number of likely N-dealkylation sites (tertiary alicyclic amines) is 1. The molecule has 1 saturated heterocycles. The summed E-state index contributed by atoms with van der Waals surface area (Å²) in [5.74, 6) is 0.822. The molecule has 3 rings (SSSR count). The lowest BCUT2D eigenvalue weighted by molar-refractivity contribution is 0.0922. The largest absolute Gasteiger partial charge is 0.408 e. The third-order valence-electron chi connectivity index (χ3n) is 4.09. The SMILES string of the molecule is Nc1nnc(C2CCCN(C[C@@H](O)Cc3ccccc3)C2)o1. The van der Waals surface area contributed by atoms with E-state index in [2.05, 4.69) is 15.1 Å². The fraction of sp³-hybridized carbons (Fsp3) is 0.500. The second-order valence-electron chi connectivity index (χ2n) is 5.92. The summed E-state index contributed by atoms with van der Waals surface area (Å²) in [7, 11) is 0. The molecular formula is C16H22N4O2. The van der Waals surface area contributed by atoms with Crippen LogP contribution in [0.25, 0.3) is 0 Å². The van der Waals surface area contributed by atoms with Gasteiger partial charge in [-0.2, -0.15) is 0 Å². The van der Waals surface area contributed by atoms with Crippen molar-refractivity contribution < 1.29 is 9.52 Å². The molecule has 1 aromatic heterocycles. The number of anilines is 1. The summed E-state index contributed by atoms with van der Waals surface area (Å²) >= 11 is 0. The average molecular weight is 302 g/mol.